The van der Waals surface area contributed by atoms with Gasteiger partial charge in [-0.3, -0.25) is 19.7 Å². The summed E-state index contributed by atoms with van der Waals surface area (Å²) in [6, 6.07) is 13.2. The Hall–Kier alpha value is -3.74. The zero-order chi connectivity index (χ0) is 23.4. The summed E-state index contributed by atoms with van der Waals surface area (Å²) >= 11 is 0. The highest BCUT2D eigenvalue weighted by molar-refractivity contribution is 5.97. The second kappa shape index (κ2) is 9.81. The molecule has 1 fully saturated rings. The highest BCUT2D eigenvalue weighted by Crippen LogP contribution is 2.23. The number of aromatic nitrogens is 3. The number of carbonyl (C=O) groups excluding carboxylic acids is 2. The normalized spacial score (nSPS) is 16.3. The average molecular weight is 444 g/mol. The Labute approximate surface area is 194 Å². The SMILES string of the molecule is C=CCN1CCN(C(=O)c2cc(C(C)C)[nH]n2)C(Cc2ccc(-c3ccncc3)cc2)C1=O. The predicted molar refractivity (Wildman–Crippen MR) is 128 cm³/mol. The third-order valence-electron chi connectivity index (χ3n) is 6.03. The van der Waals surface area contributed by atoms with E-state index in [-0.39, 0.29) is 17.7 Å². The third kappa shape index (κ3) is 4.87. The molecule has 1 unspecified atom stereocenters. The van der Waals surface area contributed by atoms with Crippen molar-refractivity contribution < 1.29 is 9.59 Å². The van der Waals surface area contributed by atoms with Crippen molar-refractivity contribution in [2.45, 2.75) is 32.2 Å². The van der Waals surface area contributed by atoms with Crippen molar-refractivity contribution in [3.63, 3.8) is 0 Å². The minimum Gasteiger partial charge on any atom is -0.335 e. The standard InChI is InChI=1S/C26H29N5O2/c1-4-13-30-14-15-31(25(32)23-17-22(18(2)3)28-29-23)24(26(30)33)16-19-5-7-20(8-6-19)21-9-11-27-12-10-21/h4-12,17-18,24H,1,13-16H2,2-3H3,(H,28,29). The number of pyridine rings is 1. The molecule has 0 aliphatic carbocycles. The molecule has 33 heavy (non-hydrogen) atoms. The molecular weight excluding hydrogens is 414 g/mol. The first-order chi connectivity index (χ1) is 16.0. The van der Waals surface area contributed by atoms with Gasteiger partial charge in [0.2, 0.25) is 5.91 Å². The van der Waals surface area contributed by atoms with Gasteiger partial charge in [-0.15, -0.1) is 6.58 Å². The smallest absolute Gasteiger partial charge is 0.275 e. The summed E-state index contributed by atoms with van der Waals surface area (Å²) in [5.41, 5.74) is 4.41. The molecule has 0 radical (unpaired) electrons. The first-order valence-electron chi connectivity index (χ1n) is 11.2. The zero-order valence-corrected chi connectivity index (χ0v) is 19.1. The Kier molecular flexibility index (Phi) is 6.68. The van der Waals surface area contributed by atoms with Crippen LogP contribution in [0.4, 0.5) is 0 Å². The van der Waals surface area contributed by atoms with E-state index in [1.165, 1.54) is 0 Å². The van der Waals surface area contributed by atoms with Gasteiger partial charge in [0.1, 0.15) is 11.7 Å². The third-order valence-corrected chi connectivity index (χ3v) is 6.03. The van der Waals surface area contributed by atoms with E-state index in [0.717, 1.165) is 22.4 Å². The summed E-state index contributed by atoms with van der Waals surface area (Å²) in [6.07, 6.45) is 5.69. The fraction of sp³-hybridized carbons (Fsp3) is 0.308. The largest absolute Gasteiger partial charge is 0.335 e. The second-order valence-electron chi connectivity index (χ2n) is 8.59. The Morgan fingerprint density at radius 3 is 2.48 bits per heavy atom. The highest BCUT2D eigenvalue weighted by atomic mass is 16.2. The predicted octanol–water partition coefficient (Wildman–Crippen LogP) is 3.68. The zero-order valence-electron chi connectivity index (χ0n) is 19.1. The molecule has 7 heteroatoms. The van der Waals surface area contributed by atoms with E-state index in [2.05, 4.69) is 21.8 Å². The topological polar surface area (TPSA) is 82.2 Å². The van der Waals surface area contributed by atoms with Gasteiger partial charge < -0.3 is 9.80 Å². The van der Waals surface area contributed by atoms with Crippen molar-refractivity contribution in [2.24, 2.45) is 0 Å². The van der Waals surface area contributed by atoms with Gasteiger partial charge in [0.05, 0.1) is 0 Å². The van der Waals surface area contributed by atoms with Crippen molar-refractivity contribution in [2.75, 3.05) is 19.6 Å². The van der Waals surface area contributed by atoms with Crippen molar-refractivity contribution in [1.82, 2.24) is 25.0 Å². The molecule has 0 saturated carbocycles. The molecule has 1 aromatic carbocycles. The molecule has 1 aliphatic heterocycles. The maximum absolute atomic E-state index is 13.3. The molecule has 2 aromatic heterocycles. The van der Waals surface area contributed by atoms with E-state index in [0.29, 0.717) is 31.7 Å². The van der Waals surface area contributed by atoms with Crippen LogP contribution in [-0.2, 0) is 11.2 Å². The monoisotopic (exact) mass is 443 g/mol. The molecule has 2 amide bonds. The van der Waals surface area contributed by atoms with Crippen molar-refractivity contribution in [1.29, 1.82) is 0 Å². The van der Waals surface area contributed by atoms with E-state index < -0.39 is 6.04 Å². The number of hydrogen-bond acceptors (Lipinski definition) is 4. The quantitative estimate of drug-likeness (QED) is 0.565. The Morgan fingerprint density at radius 2 is 1.85 bits per heavy atom. The number of benzene rings is 1. The maximum atomic E-state index is 13.3. The molecule has 4 rings (SSSR count). The van der Waals surface area contributed by atoms with Gasteiger partial charge in [-0.1, -0.05) is 44.2 Å². The lowest BCUT2D eigenvalue weighted by molar-refractivity contribution is -0.139. The minimum atomic E-state index is -0.586. The van der Waals surface area contributed by atoms with E-state index in [9.17, 15) is 9.59 Å². The first kappa shape index (κ1) is 22.5. The summed E-state index contributed by atoms with van der Waals surface area (Å²) in [7, 11) is 0. The van der Waals surface area contributed by atoms with Gasteiger partial charge in [0.15, 0.2) is 0 Å². The number of aromatic amines is 1. The van der Waals surface area contributed by atoms with Crippen LogP contribution >= 0.6 is 0 Å². The van der Waals surface area contributed by atoms with Gasteiger partial charge in [0, 0.05) is 44.1 Å². The minimum absolute atomic E-state index is 0.0627. The van der Waals surface area contributed by atoms with Crippen molar-refractivity contribution in [3.05, 3.63) is 84.5 Å². The molecule has 1 N–H and O–H groups in total. The van der Waals surface area contributed by atoms with Gasteiger partial charge in [-0.25, -0.2) is 0 Å². The number of amides is 2. The van der Waals surface area contributed by atoms with Crippen LogP contribution in [0.15, 0.2) is 67.5 Å². The summed E-state index contributed by atoms with van der Waals surface area (Å²) in [6.45, 7) is 9.26. The van der Waals surface area contributed by atoms with Crippen LogP contribution in [0.5, 0.6) is 0 Å². The van der Waals surface area contributed by atoms with Gasteiger partial charge in [-0.2, -0.15) is 5.10 Å². The van der Waals surface area contributed by atoms with Crippen LogP contribution in [0.1, 0.15) is 41.5 Å². The number of nitrogens with zero attached hydrogens (tertiary/aromatic N) is 4. The van der Waals surface area contributed by atoms with Gasteiger partial charge >= 0.3 is 0 Å². The molecule has 0 spiro atoms. The van der Waals surface area contributed by atoms with Crippen LogP contribution in [0.25, 0.3) is 11.1 Å². The van der Waals surface area contributed by atoms with Crippen LogP contribution < -0.4 is 0 Å². The Bertz CT molecular complexity index is 1120. The summed E-state index contributed by atoms with van der Waals surface area (Å²) < 4.78 is 0. The van der Waals surface area contributed by atoms with Crippen LogP contribution in [0, 0.1) is 0 Å². The fourth-order valence-electron chi connectivity index (χ4n) is 4.11. The molecule has 1 atom stereocenters. The molecule has 1 aliphatic rings. The van der Waals surface area contributed by atoms with E-state index in [1.54, 1.807) is 34.3 Å². The molecule has 1 saturated heterocycles. The van der Waals surface area contributed by atoms with E-state index >= 15 is 0 Å². The summed E-state index contributed by atoms with van der Waals surface area (Å²) in [5, 5.41) is 7.16. The number of carbonyl (C=O) groups is 2. The lowest BCUT2D eigenvalue weighted by atomic mass is 9.98. The van der Waals surface area contributed by atoms with Crippen LogP contribution in [-0.4, -0.2) is 62.5 Å². The maximum Gasteiger partial charge on any atom is 0.275 e. The van der Waals surface area contributed by atoms with E-state index in [1.807, 2.05) is 50.2 Å². The molecule has 170 valence electrons. The van der Waals surface area contributed by atoms with Gasteiger partial charge in [-0.05, 0) is 40.8 Å². The van der Waals surface area contributed by atoms with Crippen LogP contribution in [0.2, 0.25) is 0 Å². The van der Waals surface area contributed by atoms with E-state index in [4.69, 9.17) is 0 Å². The number of H-pyrrole nitrogens is 1. The molecule has 3 aromatic rings. The van der Waals surface area contributed by atoms with Gasteiger partial charge in [0.25, 0.3) is 5.91 Å². The molecule has 7 nitrogen and oxygen atoms in total. The highest BCUT2D eigenvalue weighted by Gasteiger charge is 2.38. The lowest BCUT2D eigenvalue weighted by Gasteiger charge is -2.40. The average Bonchev–Trinajstić information content (AvgIpc) is 3.33. The fourth-order valence-corrected chi connectivity index (χ4v) is 4.11. The molecular formula is C26H29N5O2. The lowest BCUT2D eigenvalue weighted by Crippen LogP contribution is -2.59. The van der Waals surface area contributed by atoms with Crippen molar-refractivity contribution >= 4 is 11.8 Å². The number of nitrogens with one attached hydrogen (secondary N) is 1. The summed E-state index contributed by atoms with van der Waals surface area (Å²) in [5.74, 6) is -0.0460. The Morgan fingerprint density at radius 1 is 1.15 bits per heavy atom. The number of hydrogen-bond donors (Lipinski definition) is 1. The molecule has 3 heterocycles. The Balaban J connectivity index is 1.58. The first-order valence-corrected chi connectivity index (χ1v) is 11.2. The summed E-state index contributed by atoms with van der Waals surface area (Å²) in [4.78, 5) is 34.1. The molecule has 0 bridgehead atoms. The number of rotatable bonds is 7. The second-order valence-corrected chi connectivity index (χ2v) is 8.59. The number of piperazine rings is 1. The van der Waals surface area contributed by atoms with Crippen LogP contribution in [0.3, 0.4) is 0 Å². The van der Waals surface area contributed by atoms with Crippen molar-refractivity contribution in [3.8, 4) is 11.1 Å².